The summed E-state index contributed by atoms with van der Waals surface area (Å²) in [6, 6.07) is 6.30. The molecule has 2 N–H and O–H groups in total. The standard InChI is InChI=1S/C16H23NO5/c1-5-21-13-9-7-6-8-11(13)12(10-14(18)19)17-15(20)22-16(2,3)4/h6-9,12H,5,10H2,1-4H3,(H,17,20)(H,18,19)/t12-/m0/s1. The summed E-state index contributed by atoms with van der Waals surface area (Å²) in [6.07, 6.45) is -0.923. The van der Waals surface area contributed by atoms with Gasteiger partial charge in [0.15, 0.2) is 0 Å². The van der Waals surface area contributed by atoms with E-state index >= 15 is 0 Å². The van der Waals surface area contributed by atoms with Crippen LogP contribution in [0.2, 0.25) is 0 Å². The lowest BCUT2D eigenvalue weighted by Crippen LogP contribution is -2.36. The largest absolute Gasteiger partial charge is 0.494 e. The zero-order valence-corrected chi connectivity index (χ0v) is 13.4. The topological polar surface area (TPSA) is 84.9 Å². The number of ether oxygens (including phenoxy) is 2. The Labute approximate surface area is 130 Å². The van der Waals surface area contributed by atoms with Crippen molar-refractivity contribution in [1.29, 1.82) is 0 Å². The number of para-hydroxylation sites is 1. The number of aliphatic carboxylic acids is 1. The number of benzene rings is 1. The third-order valence-electron chi connectivity index (χ3n) is 2.66. The molecule has 1 amide bonds. The maximum absolute atomic E-state index is 11.9. The molecule has 1 atom stereocenters. The SMILES string of the molecule is CCOc1ccccc1[C@H](CC(=O)O)NC(=O)OC(C)(C)C. The van der Waals surface area contributed by atoms with Crippen molar-refractivity contribution in [3.8, 4) is 5.75 Å². The molecule has 0 aliphatic heterocycles. The number of rotatable bonds is 6. The van der Waals surface area contributed by atoms with Crippen LogP contribution in [-0.2, 0) is 9.53 Å². The minimum absolute atomic E-state index is 0.261. The van der Waals surface area contributed by atoms with Gasteiger partial charge in [-0.25, -0.2) is 4.79 Å². The van der Waals surface area contributed by atoms with Crippen LogP contribution in [0, 0.1) is 0 Å². The molecule has 0 heterocycles. The Morgan fingerprint density at radius 1 is 1.27 bits per heavy atom. The lowest BCUT2D eigenvalue weighted by Gasteiger charge is -2.24. The third-order valence-corrected chi connectivity index (χ3v) is 2.66. The first-order valence-corrected chi connectivity index (χ1v) is 7.16. The van der Waals surface area contributed by atoms with Crippen molar-refractivity contribution in [2.75, 3.05) is 6.61 Å². The van der Waals surface area contributed by atoms with E-state index in [1.807, 2.05) is 6.92 Å². The Bertz CT molecular complexity index is 522. The molecular formula is C16H23NO5. The number of carboxylic acids is 1. The summed E-state index contributed by atoms with van der Waals surface area (Å²) in [5.41, 5.74) is -0.0466. The highest BCUT2D eigenvalue weighted by Gasteiger charge is 2.24. The van der Waals surface area contributed by atoms with Gasteiger partial charge in [-0.3, -0.25) is 4.79 Å². The number of hydrogen-bond donors (Lipinski definition) is 2. The fourth-order valence-corrected chi connectivity index (χ4v) is 1.92. The van der Waals surface area contributed by atoms with E-state index in [1.165, 1.54) is 0 Å². The lowest BCUT2D eigenvalue weighted by atomic mass is 10.0. The normalized spacial score (nSPS) is 12.4. The fourth-order valence-electron chi connectivity index (χ4n) is 1.92. The fraction of sp³-hybridized carbons (Fsp3) is 0.500. The van der Waals surface area contributed by atoms with Crippen LogP contribution in [0.1, 0.15) is 45.7 Å². The summed E-state index contributed by atoms with van der Waals surface area (Å²) in [7, 11) is 0. The van der Waals surface area contributed by atoms with E-state index in [2.05, 4.69) is 5.32 Å². The van der Waals surface area contributed by atoms with E-state index in [9.17, 15) is 9.59 Å². The van der Waals surface area contributed by atoms with Crippen LogP contribution in [0.3, 0.4) is 0 Å². The summed E-state index contributed by atoms with van der Waals surface area (Å²) >= 11 is 0. The number of nitrogens with one attached hydrogen (secondary N) is 1. The highest BCUT2D eigenvalue weighted by Crippen LogP contribution is 2.27. The Morgan fingerprint density at radius 2 is 1.91 bits per heavy atom. The highest BCUT2D eigenvalue weighted by atomic mass is 16.6. The molecule has 0 radical (unpaired) electrons. The zero-order valence-electron chi connectivity index (χ0n) is 13.4. The van der Waals surface area contributed by atoms with Crippen molar-refractivity contribution in [3.63, 3.8) is 0 Å². The van der Waals surface area contributed by atoms with Gasteiger partial charge in [0.05, 0.1) is 19.1 Å². The Hall–Kier alpha value is -2.24. The second-order valence-corrected chi connectivity index (χ2v) is 5.77. The van der Waals surface area contributed by atoms with Gasteiger partial charge in [-0.05, 0) is 33.8 Å². The van der Waals surface area contributed by atoms with Gasteiger partial charge in [0, 0.05) is 5.56 Å². The van der Waals surface area contributed by atoms with Gasteiger partial charge < -0.3 is 19.9 Å². The molecule has 6 heteroatoms. The number of amides is 1. The molecule has 1 rings (SSSR count). The molecule has 0 saturated carbocycles. The molecule has 1 aromatic rings. The number of carboxylic acid groups (broad SMARTS) is 1. The number of carbonyl (C=O) groups is 2. The lowest BCUT2D eigenvalue weighted by molar-refractivity contribution is -0.137. The van der Waals surface area contributed by atoms with Crippen LogP contribution >= 0.6 is 0 Å². The van der Waals surface area contributed by atoms with E-state index in [0.717, 1.165) is 0 Å². The molecule has 0 aliphatic carbocycles. The average molecular weight is 309 g/mol. The molecule has 0 spiro atoms. The van der Waals surface area contributed by atoms with E-state index in [4.69, 9.17) is 14.6 Å². The Morgan fingerprint density at radius 3 is 2.45 bits per heavy atom. The first-order chi connectivity index (χ1) is 10.2. The average Bonchev–Trinajstić information content (AvgIpc) is 2.36. The van der Waals surface area contributed by atoms with Gasteiger partial charge in [0.25, 0.3) is 0 Å². The summed E-state index contributed by atoms with van der Waals surface area (Å²) in [4.78, 5) is 23.0. The molecule has 6 nitrogen and oxygen atoms in total. The summed E-state index contributed by atoms with van der Waals surface area (Å²) in [5.74, 6) is -0.473. The quantitative estimate of drug-likeness (QED) is 0.843. The van der Waals surface area contributed by atoms with Crippen molar-refractivity contribution in [2.24, 2.45) is 0 Å². The molecule has 1 aromatic carbocycles. The minimum Gasteiger partial charge on any atom is -0.494 e. The Kier molecular flexibility index (Phi) is 6.22. The third kappa shape index (κ3) is 6.03. The second kappa shape index (κ2) is 7.68. The Balaban J connectivity index is 2.98. The molecule has 0 aromatic heterocycles. The van der Waals surface area contributed by atoms with Crippen LogP contribution in [0.15, 0.2) is 24.3 Å². The number of hydrogen-bond acceptors (Lipinski definition) is 4. The molecule has 122 valence electrons. The first kappa shape index (κ1) is 17.8. The van der Waals surface area contributed by atoms with Gasteiger partial charge in [-0.2, -0.15) is 0 Å². The molecule has 0 bridgehead atoms. The van der Waals surface area contributed by atoms with E-state index in [1.54, 1.807) is 45.0 Å². The molecular weight excluding hydrogens is 286 g/mol. The first-order valence-electron chi connectivity index (χ1n) is 7.16. The van der Waals surface area contributed by atoms with Crippen LogP contribution < -0.4 is 10.1 Å². The van der Waals surface area contributed by atoms with Gasteiger partial charge in [0.1, 0.15) is 11.4 Å². The summed E-state index contributed by atoms with van der Waals surface area (Å²) in [6.45, 7) is 7.51. The van der Waals surface area contributed by atoms with Crippen LogP contribution in [0.5, 0.6) is 5.75 Å². The summed E-state index contributed by atoms with van der Waals surface area (Å²) in [5, 5.41) is 11.7. The summed E-state index contributed by atoms with van der Waals surface area (Å²) < 4.78 is 10.7. The van der Waals surface area contributed by atoms with E-state index in [-0.39, 0.29) is 6.42 Å². The monoisotopic (exact) mass is 309 g/mol. The highest BCUT2D eigenvalue weighted by molar-refractivity contribution is 5.72. The van der Waals surface area contributed by atoms with Gasteiger partial charge in [-0.15, -0.1) is 0 Å². The van der Waals surface area contributed by atoms with Gasteiger partial charge >= 0.3 is 12.1 Å². The zero-order chi connectivity index (χ0) is 16.8. The van der Waals surface area contributed by atoms with Crippen molar-refractivity contribution >= 4 is 12.1 Å². The number of carbonyl (C=O) groups excluding carboxylic acids is 1. The maximum Gasteiger partial charge on any atom is 0.408 e. The molecule has 0 unspecified atom stereocenters. The van der Waals surface area contributed by atoms with E-state index in [0.29, 0.717) is 17.9 Å². The van der Waals surface area contributed by atoms with Crippen LogP contribution in [-0.4, -0.2) is 29.4 Å². The second-order valence-electron chi connectivity index (χ2n) is 5.77. The van der Waals surface area contributed by atoms with Crippen molar-refractivity contribution in [1.82, 2.24) is 5.32 Å². The minimum atomic E-state index is -1.02. The van der Waals surface area contributed by atoms with Crippen LogP contribution in [0.4, 0.5) is 4.79 Å². The van der Waals surface area contributed by atoms with Crippen molar-refractivity contribution in [3.05, 3.63) is 29.8 Å². The number of alkyl carbamates (subject to hydrolysis) is 1. The van der Waals surface area contributed by atoms with Gasteiger partial charge in [-0.1, -0.05) is 18.2 Å². The molecule has 22 heavy (non-hydrogen) atoms. The van der Waals surface area contributed by atoms with Crippen molar-refractivity contribution < 1.29 is 24.2 Å². The van der Waals surface area contributed by atoms with Crippen molar-refractivity contribution in [2.45, 2.75) is 45.8 Å². The van der Waals surface area contributed by atoms with Gasteiger partial charge in [0.2, 0.25) is 0 Å². The van der Waals surface area contributed by atoms with E-state index < -0.39 is 23.7 Å². The van der Waals surface area contributed by atoms with Crippen LogP contribution in [0.25, 0.3) is 0 Å². The predicted molar refractivity (Wildman–Crippen MR) is 82.0 cm³/mol. The molecule has 0 saturated heterocycles. The maximum atomic E-state index is 11.9. The smallest absolute Gasteiger partial charge is 0.408 e. The molecule has 0 fully saturated rings. The molecule has 0 aliphatic rings. The predicted octanol–water partition coefficient (Wildman–Crippen LogP) is 3.13.